The highest BCUT2D eigenvalue weighted by atomic mass is 16.2. The SMILES string of the molecule is CC(C)N(Cc1nc2ccccc2c(=O)[nH]1)C(=O)[C@H]1CC(=O)N(Cc2ccccc2)C1. The molecule has 0 radical (unpaired) electrons. The number of H-pyrrole nitrogens is 1. The molecule has 1 saturated heterocycles. The second-order valence-electron chi connectivity index (χ2n) is 8.25. The van der Waals surface area contributed by atoms with E-state index in [0.717, 1.165) is 5.56 Å². The number of carbonyl (C=O) groups is 2. The molecule has 0 aliphatic carbocycles. The summed E-state index contributed by atoms with van der Waals surface area (Å²) in [5.74, 6) is -0.0557. The van der Waals surface area contributed by atoms with Crippen LogP contribution in [-0.4, -0.2) is 44.2 Å². The quantitative estimate of drug-likeness (QED) is 0.667. The molecule has 31 heavy (non-hydrogen) atoms. The third kappa shape index (κ3) is 4.50. The Kier molecular flexibility index (Phi) is 5.84. The summed E-state index contributed by atoms with van der Waals surface area (Å²) in [5.41, 5.74) is 1.42. The van der Waals surface area contributed by atoms with Crippen molar-refractivity contribution >= 4 is 22.7 Å². The number of para-hydroxylation sites is 1. The third-order valence-corrected chi connectivity index (χ3v) is 5.67. The molecule has 7 heteroatoms. The van der Waals surface area contributed by atoms with Crippen molar-refractivity contribution in [3.8, 4) is 0 Å². The van der Waals surface area contributed by atoms with E-state index in [9.17, 15) is 14.4 Å². The van der Waals surface area contributed by atoms with Gasteiger partial charge in [0.2, 0.25) is 11.8 Å². The Bertz CT molecular complexity index is 1160. The highest BCUT2D eigenvalue weighted by molar-refractivity contribution is 5.89. The minimum absolute atomic E-state index is 0.0110. The first-order valence-corrected chi connectivity index (χ1v) is 10.5. The van der Waals surface area contributed by atoms with Crippen molar-refractivity contribution in [1.82, 2.24) is 19.8 Å². The predicted octanol–water partition coefficient (Wildman–Crippen LogP) is 2.71. The molecule has 0 spiro atoms. The molecule has 1 aromatic heterocycles. The molecule has 1 atom stereocenters. The largest absolute Gasteiger partial charge is 0.338 e. The number of rotatable bonds is 6. The van der Waals surface area contributed by atoms with Crippen LogP contribution in [-0.2, 0) is 22.7 Å². The normalized spacial score (nSPS) is 16.3. The van der Waals surface area contributed by atoms with E-state index >= 15 is 0 Å². The van der Waals surface area contributed by atoms with Crippen molar-refractivity contribution in [2.45, 2.75) is 39.4 Å². The highest BCUT2D eigenvalue weighted by Gasteiger charge is 2.37. The van der Waals surface area contributed by atoms with Gasteiger partial charge in [-0.25, -0.2) is 4.98 Å². The molecule has 0 unspecified atom stereocenters. The van der Waals surface area contributed by atoms with E-state index in [0.29, 0.717) is 29.8 Å². The number of nitrogens with one attached hydrogen (secondary N) is 1. The minimum Gasteiger partial charge on any atom is -0.338 e. The number of carbonyl (C=O) groups excluding carboxylic acids is 2. The van der Waals surface area contributed by atoms with Gasteiger partial charge in [0.1, 0.15) is 5.82 Å². The first-order chi connectivity index (χ1) is 14.9. The molecule has 7 nitrogen and oxygen atoms in total. The van der Waals surface area contributed by atoms with E-state index < -0.39 is 5.92 Å². The van der Waals surface area contributed by atoms with Crippen LogP contribution >= 0.6 is 0 Å². The zero-order valence-electron chi connectivity index (χ0n) is 17.7. The maximum Gasteiger partial charge on any atom is 0.258 e. The molecule has 0 bridgehead atoms. The van der Waals surface area contributed by atoms with Gasteiger partial charge >= 0.3 is 0 Å². The van der Waals surface area contributed by atoms with Gasteiger partial charge in [-0.1, -0.05) is 42.5 Å². The Morgan fingerprint density at radius 1 is 1.13 bits per heavy atom. The number of aromatic amines is 1. The number of amides is 2. The molecule has 1 N–H and O–H groups in total. The topological polar surface area (TPSA) is 86.4 Å². The maximum absolute atomic E-state index is 13.3. The summed E-state index contributed by atoms with van der Waals surface area (Å²) in [4.78, 5) is 49.0. The van der Waals surface area contributed by atoms with Gasteiger partial charge in [-0.05, 0) is 31.5 Å². The van der Waals surface area contributed by atoms with Gasteiger partial charge in [0.05, 0.1) is 23.4 Å². The molecule has 1 aliphatic rings. The van der Waals surface area contributed by atoms with Crippen LogP contribution in [0.2, 0.25) is 0 Å². The first kappa shape index (κ1) is 20.8. The van der Waals surface area contributed by atoms with Crippen molar-refractivity contribution in [3.05, 3.63) is 76.3 Å². The van der Waals surface area contributed by atoms with E-state index in [-0.39, 0.29) is 36.4 Å². The van der Waals surface area contributed by atoms with Gasteiger partial charge < -0.3 is 14.8 Å². The Balaban J connectivity index is 1.50. The molecule has 2 aromatic carbocycles. The highest BCUT2D eigenvalue weighted by Crippen LogP contribution is 2.24. The van der Waals surface area contributed by atoms with Crippen LogP contribution in [0.15, 0.2) is 59.4 Å². The summed E-state index contributed by atoms with van der Waals surface area (Å²) in [5, 5.41) is 0.520. The zero-order valence-corrected chi connectivity index (χ0v) is 17.7. The van der Waals surface area contributed by atoms with Crippen molar-refractivity contribution < 1.29 is 9.59 Å². The van der Waals surface area contributed by atoms with E-state index in [1.165, 1.54) is 0 Å². The second kappa shape index (κ2) is 8.71. The van der Waals surface area contributed by atoms with Gasteiger partial charge in [-0.3, -0.25) is 14.4 Å². The standard InChI is InChI=1S/C24H26N4O3/c1-16(2)28(15-21-25-20-11-7-6-10-19(20)23(30)26-21)24(31)18-12-22(29)27(14-18)13-17-8-4-3-5-9-17/h3-11,16,18H,12-15H2,1-2H3,(H,25,26,30)/t18-/m0/s1. The van der Waals surface area contributed by atoms with Crippen LogP contribution in [0.5, 0.6) is 0 Å². The Labute approximate surface area is 180 Å². The lowest BCUT2D eigenvalue weighted by Crippen LogP contribution is -2.42. The summed E-state index contributed by atoms with van der Waals surface area (Å²) in [6, 6.07) is 16.8. The van der Waals surface area contributed by atoms with Crippen LogP contribution in [0.3, 0.4) is 0 Å². The van der Waals surface area contributed by atoms with E-state index in [1.54, 1.807) is 28.0 Å². The average molecular weight is 418 g/mol. The number of hydrogen-bond donors (Lipinski definition) is 1. The smallest absolute Gasteiger partial charge is 0.258 e. The van der Waals surface area contributed by atoms with Crippen LogP contribution in [0, 0.1) is 5.92 Å². The van der Waals surface area contributed by atoms with Gasteiger partial charge in [0, 0.05) is 25.6 Å². The predicted molar refractivity (Wildman–Crippen MR) is 118 cm³/mol. The molecule has 4 rings (SSSR count). The van der Waals surface area contributed by atoms with Gasteiger partial charge in [0.25, 0.3) is 5.56 Å². The summed E-state index contributed by atoms with van der Waals surface area (Å²) < 4.78 is 0. The maximum atomic E-state index is 13.3. The molecular weight excluding hydrogens is 392 g/mol. The molecule has 1 aliphatic heterocycles. The Hall–Kier alpha value is -3.48. The fourth-order valence-electron chi connectivity index (χ4n) is 4.01. The number of nitrogens with zero attached hydrogens (tertiary/aromatic N) is 3. The van der Waals surface area contributed by atoms with E-state index in [4.69, 9.17) is 0 Å². The lowest BCUT2D eigenvalue weighted by Gasteiger charge is -2.29. The third-order valence-electron chi connectivity index (χ3n) is 5.67. The number of hydrogen-bond acceptors (Lipinski definition) is 4. The van der Waals surface area contributed by atoms with Gasteiger partial charge in [-0.15, -0.1) is 0 Å². The van der Waals surface area contributed by atoms with Crippen molar-refractivity contribution in [1.29, 1.82) is 0 Å². The van der Waals surface area contributed by atoms with Crippen molar-refractivity contribution in [2.24, 2.45) is 5.92 Å². The fraction of sp³-hybridized carbons (Fsp3) is 0.333. The van der Waals surface area contributed by atoms with E-state index in [2.05, 4.69) is 9.97 Å². The summed E-state index contributed by atoms with van der Waals surface area (Å²) in [7, 11) is 0. The zero-order chi connectivity index (χ0) is 22.0. The summed E-state index contributed by atoms with van der Waals surface area (Å²) in [6.45, 7) is 4.95. The van der Waals surface area contributed by atoms with E-state index in [1.807, 2.05) is 50.2 Å². The van der Waals surface area contributed by atoms with Crippen LogP contribution in [0.4, 0.5) is 0 Å². The molecule has 2 heterocycles. The first-order valence-electron chi connectivity index (χ1n) is 10.5. The van der Waals surface area contributed by atoms with Gasteiger partial charge in [0.15, 0.2) is 0 Å². The average Bonchev–Trinajstić information content (AvgIpc) is 3.12. The summed E-state index contributed by atoms with van der Waals surface area (Å²) >= 11 is 0. The molecule has 160 valence electrons. The molecular formula is C24H26N4O3. The second-order valence-corrected chi connectivity index (χ2v) is 8.25. The van der Waals surface area contributed by atoms with Crippen LogP contribution < -0.4 is 5.56 Å². The molecule has 0 saturated carbocycles. The Morgan fingerprint density at radius 3 is 2.58 bits per heavy atom. The molecule has 2 amide bonds. The monoisotopic (exact) mass is 418 g/mol. The van der Waals surface area contributed by atoms with Crippen molar-refractivity contribution in [3.63, 3.8) is 0 Å². The van der Waals surface area contributed by atoms with Gasteiger partial charge in [-0.2, -0.15) is 0 Å². The number of aromatic nitrogens is 2. The van der Waals surface area contributed by atoms with Crippen molar-refractivity contribution in [2.75, 3.05) is 6.54 Å². The van der Waals surface area contributed by atoms with Crippen LogP contribution in [0.25, 0.3) is 10.9 Å². The fourth-order valence-corrected chi connectivity index (χ4v) is 4.01. The lowest BCUT2D eigenvalue weighted by atomic mass is 10.1. The number of benzene rings is 2. The minimum atomic E-state index is -0.397. The number of fused-ring (bicyclic) bond motifs is 1. The van der Waals surface area contributed by atoms with Crippen LogP contribution in [0.1, 0.15) is 31.7 Å². The molecule has 3 aromatic rings. The Morgan fingerprint density at radius 2 is 1.84 bits per heavy atom. The molecule has 1 fully saturated rings. The number of likely N-dealkylation sites (tertiary alicyclic amines) is 1. The summed E-state index contributed by atoms with van der Waals surface area (Å²) in [6.07, 6.45) is 0.205. The lowest BCUT2D eigenvalue weighted by molar-refractivity contribution is -0.138.